The van der Waals surface area contributed by atoms with Crippen molar-refractivity contribution in [1.82, 2.24) is 19.9 Å². The van der Waals surface area contributed by atoms with Crippen LogP contribution in [0.15, 0.2) is 93.8 Å². The van der Waals surface area contributed by atoms with E-state index in [0.717, 1.165) is 0 Å². The molecule has 10 rings (SSSR count). The Labute approximate surface area is 307 Å². The van der Waals surface area contributed by atoms with Gasteiger partial charge in [0.1, 0.15) is 0 Å². The molecule has 0 saturated carbocycles. The normalized spacial score (nSPS) is 12.2. The molecule has 6 bridgehead atoms. The highest BCUT2D eigenvalue weighted by molar-refractivity contribution is 6.15. The largest absolute Gasteiger partial charge is 0.434 e. The molecule has 6 heterocycles. The van der Waals surface area contributed by atoms with Gasteiger partial charge in [-0.1, -0.05) is 60.7 Å². The number of hydrogen-bond acceptors (Lipinski definition) is 4. The van der Waals surface area contributed by atoms with Gasteiger partial charge in [-0.25, -0.2) is 31.3 Å². The monoisotopic (exact) mass is 762 g/mol. The molecule has 14 heteroatoms. The van der Waals surface area contributed by atoms with Gasteiger partial charge in [0.05, 0.1) is 44.0 Å². The van der Waals surface area contributed by atoms with Crippen molar-refractivity contribution in [1.29, 1.82) is 0 Å². The molecular weight excluding hydrogens is 744 g/mol. The van der Waals surface area contributed by atoms with Crippen LogP contribution < -0.4 is 0 Å². The number of hydrogen-bond donors (Lipinski definition) is 2. The van der Waals surface area contributed by atoms with Crippen molar-refractivity contribution in [3.8, 4) is 22.3 Å². The zero-order chi connectivity index (χ0) is 38.6. The predicted octanol–water partition coefficient (Wildman–Crippen LogP) is 12.4. The van der Waals surface area contributed by atoms with Gasteiger partial charge in [0, 0.05) is 22.2 Å². The second kappa shape index (κ2) is 12.1. The summed E-state index contributed by atoms with van der Waals surface area (Å²) < 4.78 is 132. The number of aromatic amines is 2. The maximum atomic E-state index is 15.8. The van der Waals surface area contributed by atoms with Gasteiger partial charge in [-0.15, -0.1) is 0 Å². The molecule has 56 heavy (non-hydrogen) atoms. The summed E-state index contributed by atoms with van der Waals surface area (Å²) in [7, 11) is 0. The van der Waals surface area contributed by atoms with Crippen molar-refractivity contribution in [2.45, 2.75) is 0 Å². The molecule has 0 atom stereocenters. The lowest BCUT2D eigenvalue weighted by molar-refractivity contribution is 0.411. The lowest BCUT2D eigenvalue weighted by Crippen LogP contribution is -1.96. The standard InChI is InChI=1S/C42H18F8N4O2/c43-31-29-27-23-15-13-21(52-23)25(17-7-3-1-4-8-17)19-11-12-20(51-19)26(18-9-5-2-6-10-18)22-14-16-24(53-22)28-30-32(44)34(46)36(48)38(50)40(30)56-42(28)54-41(27)55-39(29)37(49)35(47)33(31)45/h1-16,52-53H. The molecule has 0 amide bonds. The van der Waals surface area contributed by atoms with Crippen LogP contribution in [0.3, 0.4) is 0 Å². The SMILES string of the molecule is Fc1c(F)c(F)c2c(oc3nc4oc5c(F)c(F)c(F)c(F)c5c4c4ccc([nH]4)c(-c4ccccc4)c4nc(c(-c5ccccc5)c5ccc([nH]5)c32)C=C4)c1F. The Balaban J connectivity index is 1.51. The van der Waals surface area contributed by atoms with E-state index in [1.807, 2.05) is 36.4 Å². The first-order chi connectivity index (χ1) is 27.1. The molecule has 0 unspecified atom stereocenters. The topological polar surface area (TPSA) is 83.6 Å². The molecule has 0 aliphatic carbocycles. The molecule has 9 aromatic rings. The number of fused-ring (bicyclic) bond motifs is 14. The third-order valence-corrected chi connectivity index (χ3v) is 9.70. The van der Waals surface area contributed by atoms with Gasteiger partial charge in [0.2, 0.25) is 34.7 Å². The minimum absolute atomic E-state index is 0.0556. The number of rotatable bonds is 2. The molecular formula is C42H18F8N4O2. The summed E-state index contributed by atoms with van der Waals surface area (Å²) in [6, 6.07) is 24.2. The smallest absolute Gasteiger partial charge is 0.232 e. The number of nitrogens with one attached hydrogen (secondary N) is 2. The van der Waals surface area contributed by atoms with E-state index in [1.165, 1.54) is 12.1 Å². The lowest BCUT2D eigenvalue weighted by atomic mass is 10.0. The Kier molecular flexibility index (Phi) is 7.24. The van der Waals surface area contributed by atoms with Crippen molar-refractivity contribution in [2.75, 3.05) is 0 Å². The van der Waals surface area contributed by atoms with Crippen LogP contribution in [0, 0.1) is 46.5 Å². The second-order valence-electron chi connectivity index (χ2n) is 12.9. The number of H-pyrrole nitrogens is 2. The fraction of sp³-hybridized carbons (Fsp3) is 0. The molecule has 0 spiro atoms. The molecule has 1 aliphatic heterocycles. The van der Waals surface area contributed by atoms with Crippen molar-refractivity contribution < 1.29 is 44.0 Å². The van der Waals surface area contributed by atoms with Crippen LogP contribution in [0.4, 0.5) is 35.1 Å². The zero-order valence-corrected chi connectivity index (χ0v) is 28.0. The van der Waals surface area contributed by atoms with Gasteiger partial charge < -0.3 is 18.8 Å². The molecule has 1 aliphatic rings. The summed E-state index contributed by atoms with van der Waals surface area (Å²) >= 11 is 0. The highest BCUT2D eigenvalue weighted by atomic mass is 19.2. The molecule has 0 saturated heterocycles. The molecule has 0 fully saturated rings. The second-order valence-corrected chi connectivity index (χ2v) is 12.9. The van der Waals surface area contributed by atoms with Crippen LogP contribution in [0.1, 0.15) is 11.4 Å². The van der Waals surface area contributed by atoms with Gasteiger partial charge in [-0.05, 0) is 47.5 Å². The van der Waals surface area contributed by atoms with Crippen LogP contribution in [-0.4, -0.2) is 19.9 Å². The van der Waals surface area contributed by atoms with Gasteiger partial charge in [0.25, 0.3) is 0 Å². The van der Waals surface area contributed by atoms with Gasteiger partial charge >= 0.3 is 0 Å². The third-order valence-electron chi connectivity index (χ3n) is 9.70. The Morgan fingerprint density at radius 2 is 0.750 bits per heavy atom. The average molecular weight is 763 g/mol. The fourth-order valence-corrected chi connectivity index (χ4v) is 7.23. The van der Waals surface area contributed by atoms with Crippen molar-refractivity contribution in [2.24, 2.45) is 0 Å². The van der Waals surface area contributed by atoms with E-state index in [2.05, 4.69) is 15.0 Å². The number of furan rings is 2. The van der Waals surface area contributed by atoms with Crippen molar-refractivity contribution in [3.05, 3.63) is 143 Å². The summed E-state index contributed by atoms with van der Waals surface area (Å²) in [4.78, 5) is 15.5. The Bertz CT molecular complexity index is 3130. The van der Waals surface area contributed by atoms with E-state index >= 15 is 17.6 Å². The van der Waals surface area contributed by atoms with Crippen molar-refractivity contribution in [3.63, 3.8) is 0 Å². The van der Waals surface area contributed by atoms with Crippen LogP contribution in [0.5, 0.6) is 0 Å². The zero-order valence-electron chi connectivity index (χ0n) is 28.0. The Morgan fingerprint density at radius 3 is 1.16 bits per heavy atom. The maximum Gasteiger partial charge on any atom is 0.232 e. The molecule has 0 radical (unpaired) electrons. The summed E-state index contributed by atoms with van der Waals surface area (Å²) in [6.45, 7) is 0. The molecule has 6 nitrogen and oxygen atoms in total. The van der Waals surface area contributed by atoms with Crippen LogP contribution in [0.2, 0.25) is 0 Å². The minimum atomic E-state index is -2.17. The van der Waals surface area contributed by atoms with E-state index in [-0.39, 0.29) is 11.0 Å². The van der Waals surface area contributed by atoms with E-state index in [0.29, 0.717) is 44.7 Å². The van der Waals surface area contributed by atoms with Crippen molar-refractivity contribution >= 4 is 78.4 Å². The predicted molar refractivity (Wildman–Crippen MR) is 195 cm³/mol. The highest BCUT2D eigenvalue weighted by Gasteiger charge is 2.29. The molecule has 274 valence electrons. The lowest BCUT2D eigenvalue weighted by Gasteiger charge is -2.05. The average Bonchev–Trinajstić information content (AvgIpc) is 4.07. The summed E-state index contributed by atoms with van der Waals surface area (Å²) in [6.07, 6.45) is 3.53. The number of halogens is 8. The summed E-state index contributed by atoms with van der Waals surface area (Å²) in [5.41, 5.74) is 0.422. The third kappa shape index (κ3) is 4.74. The van der Waals surface area contributed by atoms with Crippen LogP contribution >= 0.6 is 0 Å². The Hall–Kier alpha value is -7.22. The van der Waals surface area contributed by atoms with E-state index in [4.69, 9.17) is 13.8 Å². The van der Waals surface area contributed by atoms with E-state index in [9.17, 15) is 17.6 Å². The first-order valence-corrected chi connectivity index (χ1v) is 16.8. The molecule has 4 aromatic carbocycles. The van der Waals surface area contributed by atoms with Crippen LogP contribution in [0.25, 0.3) is 101 Å². The highest BCUT2D eigenvalue weighted by Crippen LogP contribution is 2.41. The fourth-order valence-electron chi connectivity index (χ4n) is 7.23. The first-order valence-electron chi connectivity index (χ1n) is 16.8. The summed E-state index contributed by atoms with van der Waals surface area (Å²) in [5, 5.41) is -2.65. The van der Waals surface area contributed by atoms with E-state index < -0.39 is 90.7 Å². The van der Waals surface area contributed by atoms with Gasteiger partial charge in [-0.3, -0.25) is 0 Å². The summed E-state index contributed by atoms with van der Waals surface area (Å²) in [5.74, 6) is -16.1. The van der Waals surface area contributed by atoms with Gasteiger partial charge in [-0.2, -0.15) is 13.8 Å². The number of aromatic nitrogens is 4. The van der Waals surface area contributed by atoms with E-state index in [1.54, 1.807) is 48.6 Å². The maximum absolute atomic E-state index is 15.8. The number of nitrogens with zero attached hydrogens (tertiary/aromatic N) is 2. The first kappa shape index (κ1) is 33.4. The Morgan fingerprint density at radius 1 is 0.375 bits per heavy atom. The molecule has 5 aromatic heterocycles. The quantitative estimate of drug-likeness (QED) is 0.104. The molecule has 2 N–H and O–H groups in total. The van der Waals surface area contributed by atoms with Gasteiger partial charge in [0.15, 0.2) is 34.4 Å². The van der Waals surface area contributed by atoms with Crippen LogP contribution in [-0.2, 0) is 0 Å². The minimum Gasteiger partial charge on any atom is -0.434 e. The number of benzene rings is 4.